The minimum Gasteiger partial charge on any atom is -0.418 e. The second-order valence-electron chi connectivity index (χ2n) is 16.5. The zero-order chi connectivity index (χ0) is 68.7. The van der Waals surface area contributed by atoms with Gasteiger partial charge in [0.25, 0.3) is 0 Å². The van der Waals surface area contributed by atoms with Crippen molar-refractivity contribution in [1.82, 2.24) is 29.9 Å². The van der Waals surface area contributed by atoms with Crippen LogP contribution in [-0.4, -0.2) is 29.9 Å². The fourth-order valence-corrected chi connectivity index (χ4v) is 6.15. The minimum absolute atomic E-state index is 1.33. The Kier molecular flexibility index (Phi) is 20.0. The van der Waals surface area contributed by atoms with Gasteiger partial charge in [-0.1, -0.05) is 35.4 Å². The molecule has 0 atom stereocenters. The maximum atomic E-state index is 14.0. The largest absolute Gasteiger partial charge is 0.418 e. The first-order valence-corrected chi connectivity index (χ1v) is 22.6. The molecule has 0 aliphatic rings. The Hall–Kier alpha value is -10.7. The number of hydrogen-bond donors (Lipinski definition) is 0. The van der Waals surface area contributed by atoms with E-state index in [1.54, 1.807) is 0 Å². The van der Waals surface area contributed by atoms with Gasteiger partial charge in [-0.25, -0.2) is 79.0 Å². The second kappa shape index (κ2) is 26.8. The van der Waals surface area contributed by atoms with Crippen LogP contribution in [0.15, 0.2) is 24.3 Å². The Labute approximate surface area is 484 Å². The minimum atomic E-state index is -2.70. The fourth-order valence-electron chi connectivity index (χ4n) is 6.15. The maximum Gasteiger partial charge on any atom is 0.331 e. The number of ether oxygens (including phenoxy) is 6. The second-order valence-corrected chi connectivity index (χ2v) is 16.5. The van der Waals surface area contributed by atoms with Crippen LogP contribution < -0.4 is 28.4 Å². The van der Waals surface area contributed by atoms with Crippen LogP contribution in [0.4, 0.5) is 132 Å². The van der Waals surface area contributed by atoms with Crippen LogP contribution >= 0.6 is 0 Å². The molecule has 9 rings (SSSR count). The number of hydrogen-bond acceptors (Lipinski definition) is 12. The Morgan fingerprint density at radius 1 is 0.163 bits per heavy atom. The lowest BCUT2D eigenvalue weighted by molar-refractivity contribution is 0.290. The van der Waals surface area contributed by atoms with Crippen LogP contribution in [-0.2, 0) is 0 Å². The summed E-state index contributed by atoms with van der Waals surface area (Å²) in [5.41, 5.74) is 2.66. The van der Waals surface area contributed by atoms with Crippen LogP contribution in [0.1, 0.15) is 11.1 Å². The molecule has 0 radical (unpaired) electrons. The highest BCUT2D eigenvalue weighted by atomic mass is 19.2. The molecule has 12 nitrogen and oxygen atoms in total. The highest BCUT2D eigenvalue weighted by molar-refractivity contribution is 5.39. The third-order valence-corrected chi connectivity index (χ3v) is 10.5. The smallest absolute Gasteiger partial charge is 0.331 e. The number of halogens is 30. The van der Waals surface area contributed by atoms with Crippen LogP contribution in [0.25, 0.3) is 0 Å². The van der Waals surface area contributed by atoms with Crippen LogP contribution in [0.3, 0.4) is 0 Å². The molecule has 0 N–H and O–H groups in total. The first kappa shape index (κ1) is 68.7. The van der Waals surface area contributed by atoms with Crippen molar-refractivity contribution in [3.63, 3.8) is 0 Å². The van der Waals surface area contributed by atoms with Gasteiger partial charge in [-0.05, 0) is 13.8 Å². The molecule has 0 aliphatic carbocycles. The van der Waals surface area contributed by atoms with Gasteiger partial charge in [0.15, 0.2) is 0 Å². The maximum absolute atomic E-state index is 14.0. The van der Waals surface area contributed by atoms with Crippen molar-refractivity contribution in [2.45, 2.75) is 13.8 Å². The number of benzene rings is 7. The average molecular weight is 1360 g/mol. The summed E-state index contributed by atoms with van der Waals surface area (Å²) in [7, 11) is 0. The number of rotatable bonds is 12. The Morgan fingerprint density at radius 3 is 0.348 bits per heavy atom. The van der Waals surface area contributed by atoms with Gasteiger partial charge in [0.1, 0.15) is 0 Å². The quantitative estimate of drug-likeness (QED) is 0.0655. The van der Waals surface area contributed by atoms with Gasteiger partial charge < -0.3 is 28.4 Å². The molecule has 9 aromatic rings. The molecule has 0 bridgehead atoms. The third kappa shape index (κ3) is 13.3. The summed E-state index contributed by atoms with van der Waals surface area (Å²) in [6, 6.07) is -2.49. The van der Waals surface area contributed by atoms with E-state index in [0.29, 0.717) is 0 Å². The molecular formula is C50H10F30N6O6. The molecule has 0 unspecified atom stereocenters. The summed E-state index contributed by atoms with van der Waals surface area (Å²) in [4.78, 5) is 17.4. The summed E-state index contributed by atoms with van der Waals surface area (Å²) in [6.07, 6.45) is 0. The molecule has 0 spiro atoms. The van der Waals surface area contributed by atoms with Gasteiger partial charge in [-0.2, -0.15) is 52.7 Å². The normalized spacial score (nSPS) is 11.0. The molecule has 42 heteroatoms. The standard InChI is InChI=1S/2C21F15N3O3.C8H10/c2*22-1-4(25)10(31)16(11(32)5(1)26)40-19-37-20(41-17-12(33)6(27)2(23)7(28)13(17)34)39-21(38-19)42-18-14(35)8(29)3(24)9(30)15(18)36;1-7-3-5-8(2)6-4-7/h;;3-6H,1-2H3. The average Bonchev–Trinajstić information content (AvgIpc) is 1.02. The van der Waals surface area contributed by atoms with E-state index in [0.717, 1.165) is 0 Å². The molecule has 0 saturated heterocycles. The molecule has 2 aromatic heterocycles. The van der Waals surface area contributed by atoms with Crippen molar-refractivity contribution in [3.05, 3.63) is 210 Å². The van der Waals surface area contributed by atoms with Gasteiger partial charge >= 0.3 is 36.1 Å². The van der Waals surface area contributed by atoms with Crippen molar-refractivity contribution in [2.75, 3.05) is 0 Å². The van der Waals surface area contributed by atoms with E-state index in [2.05, 4.69) is 96.4 Å². The van der Waals surface area contributed by atoms with E-state index < -0.39 is 245 Å². The van der Waals surface area contributed by atoms with E-state index in [4.69, 9.17) is 0 Å². The summed E-state index contributed by atoms with van der Waals surface area (Å²) in [5, 5.41) is 0. The van der Waals surface area contributed by atoms with E-state index in [1.165, 1.54) is 11.1 Å². The van der Waals surface area contributed by atoms with Crippen LogP contribution in [0.5, 0.6) is 70.6 Å². The summed E-state index contributed by atoms with van der Waals surface area (Å²) in [5.74, 6) is -93.4. The third-order valence-electron chi connectivity index (χ3n) is 10.5. The molecule has 7 aromatic carbocycles. The van der Waals surface area contributed by atoms with E-state index >= 15 is 0 Å². The van der Waals surface area contributed by atoms with Crippen molar-refractivity contribution >= 4 is 0 Å². The molecule has 0 fully saturated rings. The highest BCUT2D eigenvalue weighted by Gasteiger charge is 2.36. The molecule has 2 heterocycles. The van der Waals surface area contributed by atoms with Gasteiger partial charge in [-0.15, -0.1) is 29.9 Å². The fraction of sp³-hybridized carbons (Fsp3) is 0.0400. The predicted molar refractivity (Wildman–Crippen MR) is 233 cm³/mol. The Bertz CT molecular complexity index is 3590. The number of aryl methyl sites for hydroxylation is 2. The number of aromatic nitrogens is 6. The first-order valence-electron chi connectivity index (χ1n) is 22.6. The van der Waals surface area contributed by atoms with E-state index in [-0.39, 0.29) is 0 Å². The predicted octanol–water partition coefficient (Wildman–Crippen LogP) is 17.0. The number of nitrogens with zero attached hydrogens (tertiary/aromatic N) is 6. The van der Waals surface area contributed by atoms with E-state index in [9.17, 15) is 132 Å². The molecule has 92 heavy (non-hydrogen) atoms. The summed E-state index contributed by atoms with van der Waals surface area (Å²) >= 11 is 0. The van der Waals surface area contributed by atoms with Gasteiger partial charge in [0, 0.05) is 0 Å². The first-order chi connectivity index (χ1) is 42.9. The van der Waals surface area contributed by atoms with Gasteiger partial charge in [0.05, 0.1) is 0 Å². The Morgan fingerprint density at radius 2 is 0.250 bits per heavy atom. The molecule has 0 amide bonds. The lowest BCUT2D eigenvalue weighted by Crippen LogP contribution is -2.09. The van der Waals surface area contributed by atoms with Crippen LogP contribution in [0.2, 0.25) is 0 Å². The lowest BCUT2D eigenvalue weighted by atomic mass is 10.2. The zero-order valence-electron chi connectivity index (χ0n) is 42.8. The van der Waals surface area contributed by atoms with Gasteiger partial charge in [0.2, 0.25) is 209 Å². The molecular weight excluding hydrogens is 1350 g/mol. The summed E-state index contributed by atoms with van der Waals surface area (Å²) in [6.45, 7) is 4.19. The zero-order valence-corrected chi connectivity index (χ0v) is 42.8. The molecule has 0 aliphatic heterocycles. The van der Waals surface area contributed by atoms with Gasteiger partial charge in [-0.3, -0.25) is 0 Å². The topological polar surface area (TPSA) is 133 Å². The van der Waals surface area contributed by atoms with Crippen molar-refractivity contribution in [1.29, 1.82) is 0 Å². The van der Waals surface area contributed by atoms with Crippen molar-refractivity contribution in [3.8, 4) is 70.6 Å². The molecule has 0 saturated carbocycles. The monoisotopic (exact) mass is 1360 g/mol. The van der Waals surface area contributed by atoms with Crippen molar-refractivity contribution in [2.24, 2.45) is 0 Å². The SMILES string of the molecule is Cc1ccc(C)cc1.Fc1c(F)c(F)c(Oc2nc(Oc3c(F)c(F)c(F)c(F)c3F)nc(Oc3c(F)c(F)c(F)c(F)c3F)n2)c(F)c1F.Fc1c(F)c(F)c(Oc2nc(Oc3c(F)c(F)c(F)c(F)c3F)nc(Oc3c(F)c(F)c(F)c(F)c3F)n2)c(F)c1F. The van der Waals surface area contributed by atoms with E-state index in [1.807, 2.05) is 0 Å². The lowest BCUT2D eigenvalue weighted by Gasteiger charge is -2.13. The molecule has 486 valence electrons. The highest BCUT2D eigenvalue weighted by Crippen LogP contribution is 2.41. The Balaban J connectivity index is 0.000000232. The summed E-state index contributed by atoms with van der Waals surface area (Å²) < 4.78 is 436. The van der Waals surface area contributed by atoms with Crippen LogP contribution in [0, 0.1) is 188 Å². The van der Waals surface area contributed by atoms with Crippen molar-refractivity contribution < 1.29 is 160 Å².